The molecule has 0 saturated heterocycles. The van der Waals surface area contributed by atoms with Crippen LogP contribution in [0.15, 0.2) is 60.8 Å². The van der Waals surface area contributed by atoms with Gasteiger partial charge < -0.3 is 5.32 Å². The minimum Gasteiger partial charge on any atom is -0.308 e. The first-order valence-corrected chi connectivity index (χ1v) is 8.34. The zero-order chi connectivity index (χ0) is 18.1. The van der Waals surface area contributed by atoms with Gasteiger partial charge in [0.2, 0.25) is 5.91 Å². The molecule has 4 rings (SSSR count). The third-order valence-corrected chi connectivity index (χ3v) is 4.14. The molecular weight excluding hydrogens is 350 g/mol. The molecule has 7 heteroatoms. The van der Waals surface area contributed by atoms with Crippen molar-refractivity contribution in [1.29, 1.82) is 0 Å². The molecule has 128 valence electrons. The molecule has 0 spiro atoms. The Labute approximate surface area is 154 Å². The number of hydrogen-bond acceptors (Lipinski definition) is 4. The molecule has 1 amide bonds. The van der Waals surface area contributed by atoms with Gasteiger partial charge in [-0.3, -0.25) is 4.79 Å². The van der Waals surface area contributed by atoms with E-state index in [9.17, 15) is 4.79 Å². The van der Waals surface area contributed by atoms with Crippen molar-refractivity contribution in [2.24, 2.45) is 0 Å². The number of halogens is 1. The summed E-state index contributed by atoms with van der Waals surface area (Å²) >= 11 is 6.11. The SMILES string of the molecule is CC(=O)Nc1nnc2c(-c3cccc(Cl)c3)cnn2c1-c1ccccc1. The quantitative estimate of drug-likeness (QED) is 0.595. The monoisotopic (exact) mass is 363 g/mol. The van der Waals surface area contributed by atoms with Gasteiger partial charge in [0.15, 0.2) is 11.5 Å². The number of hydrogen-bond donors (Lipinski definition) is 1. The summed E-state index contributed by atoms with van der Waals surface area (Å²) in [7, 11) is 0. The number of carbonyl (C=O) groups is 1. The van der Waals surface area contributed by atoms with E-state index in [4.69, 9.17) is 11.6 Å². The van der Waals surface area contributed by atoms with E-state index in [1.54, 1.807) is 10.7 Å². The van der Waals surface area contributed by atoms with E-state index in [1.807, 2.05) is 54.6 Å². The minimum absolute atomic E-state index is 0.224. The Kier molecular flexibility index (Phi) is 4.10. The van der Waals surface area contributed by atoms with Gasteiger partial charge in [-0.2, -0.15) is 5.10 Å². The molecule has 0 fully saturated rings. The highest BCUT2D eigenvalue weighted by Crippen LogP contribution is 2.31. The number of carbonyl (C=O) groups excluding carboxylic acids is 1. The maximum Gasteiger partial charge on any atom is 0.222 e. The summed E-state index contributed by atoms with van der Waals surface area (Å²) in [5.41, 5.74) is 3.83. The lowest BCUT2D eigenvalue weighted by Crippen LogP contribution is -2.12. The summed E-state index contributed by atoms with van der Waals surface area (Å²) in [6, 6.07) is 17.1. The molecule has 0 aliphatic heterocycles. The Bertz CT molecular complexity index is 1110. The van der Waals surface area contributed by atoms with Crippen molar-refractivity contribution in [3.05, 3.63) is 65.8 Å². The number of rotatable bonds is 3. The van der Waals surface area contributed by atoms with Crippen LogP contribution in [-0.4, -0.2) is 25.7 Å². The second kappa shape index (κ2) is 6.57. The van der Waals surface area contributed by atoms with Gasteiger partial charge in [-0.15, -0.1) is 10.2 Å². The number of amides is 1. The first kappa shape index (κ1) is 16.2. The van der Waals surface area contributed by atoms with Gasteiger partial charge in [0.05, 0.1) is 6.20 Å². The summed E-state index contributed by atoms with van der Waals surface area (Å²) in [6.07, 6.45) is 1.72. The van der Waals surface area contributed by atoms with Crippen LogP contribution in [0.5, 0.6) is 0 Å². The number of aromatic nitrogens is 4. The van der Waals surface area contributed by atoms with E-state index in [0.29, 0.717) is 22.2 Å². The smallest absolute Gasteiger partial charge is 0.222 e. The van der Waals surface area contributed by atoms with Gasteiger partial charge >= 0.3 is 0 Å². The zero-order valence-corrected chi connectivity index (χ0v) is 14.6. The third kappa shape index (κ3) is 2.91. The lowest BCUT2D eigenvalue weighted by Gasteiger charge is -2.10. The largest absolute Gasteiger partial charge is 0.308 e. The molecule has 6 nitrogen and oxygen atoms in total. The highest BCUT2D eigenvalue weighted by Gasteiger charge is 2.18. The van der Waals surface area contributed by atoms with E-state index >= 15 is 0 Å². The fraction of sp³-hybridized carbons (Fsp3) is 0.0526. The molecule has 0 aliphatic carbocycles. The van der Waals surface area contributed by atoms with Crippen LogP contribution in [0.2, 0.25) is 5.02 Å². The van der Waals surface area contributed by atoms with Crippen LogP contribution in [0, 0.1) is 0 Å². The molecule has 0 atom stereocenters. The molecular formula is C19H14ClN5O. The second-order valence-corrected chi connectivity index (χ2v) is 6.18. The van der Waals surface area contributed by atoms with Crippen molar-refractivity contribution in [2.75, 3.05) is 5.32 Å². The van der Waals surface area contributed by atoms with Crippen LogP contribution in [-0.2, 0) is 4.79 Å². The summed E-state index contributed by atoms with van der Waals surface area (Å²) in [6.45, 7) is 1.43. The van der Waals surface area contributed by atoms with Gasteiger partial charge in [-0.25, -0.2) is 4.52 Å². The zero-order valence-electron chi connectivity index (χ0n) is 13.8. The van der Waals surface area contributed by atoms with Crippen molar-refractivity contribution in [1.82, 2.24) is 19.8 Å². The molecule has 0 bridgehead atoms. The number of nitrogens with one attached hydrogen (secondary N) is 1. The van der Waals surface area contributed by atoms with Crippen molar-refractivity contribution in [3.63, 3.8) is 0 Å². The number of nitrogens with zero attached hydrogens (tertiary/aromatic N) is 4. The second-order valence-electron chi connectivity index (χ2n) is 5.75. The molecule has 0 unspecified atom stereocenters. The van der Waals surface area contributed by atoms with Crippen molar-refractivity contribution in [2.45, 2.75) is 6.92 Å². The van der Waals surface area contributed by atoms with Crippen LogP contribution in [0.4, 0.5) is 5.82 Å². The fourth-order valence-electron chi connectivity index (χ4n) is 2.81. The molecule has 0 radical (unpaired) electrons. The van der Waals surface area contributed by atoms with Gasteiger partial charge in [-0.05, 0) is 17.7 Å². The predicted octanol–water partition coefficient (Wildman–Crippen LogP) is 4.07. The molecule has 2 aromatic heterocycles. The van der Waals surface area contributed by atoms with Crippen LogP contribution in [0.25, 0.3) is 28.0 Å². The molecule has 4 aromatic rings. The van der Waals surface area contributed by atoms with Crippen LogP contribution in [0.3, 0.4) is 0 Å². The van der Waals surface area contributed by atoms with Gasteiger partial charge in [0.25, 0.3) is 0 Å². The summed E-state index contributed by atoms with van der Waals surface area (Å²) < 4.78 is 1.68. The number of anilines is 1. The van der Waals surface area contributed by atoms with Crippen LogP contribution < -0.4 is 5.32 Å². The van der Waals surface area contributed by atoms with E-state index in [0.717, 1.165) is 16.7 Å². The first-order chi connectivity index (χ1) is 12.6. The van der Waals surface area contributed by atoms with E-state index in [-0.39, 0.29) is 5.91 Å². The van der Waals surface area contributed by atoms with Crippen molar-refractivity contribution in [3.8, 4) is 22.4 Å². The fourth-order valence-corrected chi connectivity index (χ4v) is 3.00. The van der Waals surface area contributed by atoms with Gasteiger partial charge in [-0.1, -0.05) is 54.1 Å². The summed E-state index contributed by atoms with van der Waals surface area (Å²) in [5, 5.41) is 16.4. The Morgan fingerprint density at radius 1 is 1.04 bits per heavy atom. The normalized spacial score (nSPS) is 10.8. The molecule has 1 N–H and O–H groups in total. The van der Waals surface area contributed by atoms with Crippen LogP contribution in [0.1, 0.15) is 6.92 Å². The lowest BCUT2D eigenvalue weighted by molar-refractivity contribution is -0.114. The average molecular weight is 364 g/mol. The predicted molar refractivity (Wildman–Crippen MR) is 101 cm³/mol. The molecule has 2 heterocycles. The lowest BCUT2D eigenvalue weighted by atomic mass is 10.1. The molecule has 0 aliphatic rings. The van der Waals surface area contributed by atoms with Crippen molar-refractivity contribution >= 4 is 29.0 Å². The Hall–Kier alpha value is -3.25. The van der Waals surface area contributed by atoms with E-state index in [1.165, 1.54) is 6.92 Å². The maximum absolute atomic E-state index is 11.6. The van der Waals surface area contributed by atoms with Gasteiger partial charge in [0.1, 0.15) is 5.69 Å². The standard InChI is InChI=1S/C19H14ClN5O/c1-12(26)22-18-17(13-6-3-2-4-7-13)25-19(24-23-18)16(11-21-25)14-8-5-9-15(20)10-14/h2-11H,1H3,(H,22,26). The summed E-state index contributed by atoms with van der Waals surface area (Å²) in [4.78, 5) is 11.6. The van der Waals surface area contributed by atoms with Crippen molar-refractivity contribution < 1.29 is 4.79 Å². The molecule has 26 heavy (non-hydrogen) atoms. The summed E-state index contributed by atoms with van der Waals surface area (Å²) in [5.74, 6) is 0.134. The molecule has 0 saturated carbocycles. The Morgan fingerprint density at radius 3 is 2.54 bits per heavy atom. The topological polar surface area (TPSA) is 72.2 Å². The van der Waals surface area contributed by atoms with Gasteiger partial charge in [0, 0.05) is 23.1 Å². The minimum atomic E-state index is -0.224. The molecule has 2 aromatic carbocycles. The van der Waals surface area contributed by atoms with E-state index < -0.39 is 0 Å². The highest BCUT2D eigenvalue weighted by atomic mass is 35.5. The first-order valence-electron chi connectivity index (χ1n) is 7.97. The highest BCUT2D eigenvalue weighted by molar-refractivity contribution is 6.30. The number of benzene rings is 2. The van der Waals surface area contributed by atoms with Crippen LogP contribution >= 0.6 is 11.6 Å². The Balaban J connectivity index is 1.98. The number of fused-ring (bicyclic) bond motifs is 1. The average Bonchev–Trinajstić information content (AvgIpc) is 3.06. The van der Waals surface area contributed by atoms with E-state index in [2.05, 4.69) is 20.6 Å². The Morgan fingerprint density at radius 2 is 1.81 bits per heavy atom. The third-order valence-electron chi connectivity index (χ3n) is 3.90. The maximum atomic E-state index is 11.6.